The topological polar surface area (TPSA) is 81.1 Å². The van der Waals surface area contributed by atoms with Crippen LogP contribution in [-0.2, 0) is 4.79 Å². The van der Waals surface area contributed by atoms with E-state index in [1.807, 2.05) is 6.92 Å². The van der Waals surface area contributed by atoms with E-state index in [0.29, 0.717) is 25.4 Å². The van der Waals surface area contributed by atoms with Gasteiger partial charge in [-0.05, 0) is 38.0 Å². The molecule has 2 fully saturated rings. The summed E-state index contributed by atoms with van der Waals surface area (Å²) in [5.41, 5.74) is 0. The fourth-order valence-electron chi connectivity index (χ4n) is 3.21. The van der Waals surface area contributed by atoms with Crippen LogP contribution in [0.1, 0.15) is 39.0 Å². The summed E-state index contributed by atoms with van der Waals surface area (Å²) >= 11 is 0. The van der Waals surface area contributed by atoms with Crippen LogP contribution >= 0.6 is 0 Å². The average molecular weight is 284 g/mol. The summed E-state index contributed by atoms with van der Waals surface area (Å²) in [4.78, 5) is 27.2. The lowest BCUT2D eigenvalue weighted by Gasteiger charge is -2.42. The number of rotatable bonds is 2. The van der Waals surface area contributed by atoms with Crippen molar-refractivity contribution in [3.8, 4) is 0 Å². The van der Waals surface area contributed by atoms with Crippen molar-refractivity contribution >= 4 is 12.0 Å². The highest BCUT2D eigenvalue weighted by molar-refractivity contribution is 5.83. The largest absolute Gasteiger partial charge is 0.480 e. The van der Waals surface area contributed by atoms with Gasteiger partial charge in [0.25, 0.3) is 0 Å². The quantitative estimate of drug-likeness (QED) is 0.796. The van der Waals surface area contributed by atoms with E-state index in [9.17, 15) is 19.8 Å². The van der Waals surface area contributed by atoms with Crippen molar-refractivity contribution in [2.45, 2.75) is 51.1 Å². The number of likely N-dealkylation sites (tertiary alicyclic amines) is 2. The first kappa shape index (κ1) is 15.1. The summed E-state index contributed by atoms with van der Waals surface area (Å²) in [6.45, 7) is 3.08. The number of aliphatic hydroxyl groups excluding tert-OH is 1. The minimum absolute atomic E-state index is 0.0479. The summed E-state index contributed by atoms with van der Waals surface area (Å²) in [7, 11) is 0. The second-order valence-electron chi connectivity index (χ2n) is 5.99. The Kier molecular flexibility index (Phi) is 4.86. The maximum Gasteiger partial charge on any atom is 0.326 e. The van der Waals surface area contributed by atoms with Gasteiger partial charge in [-0.1, -0.05) is 6.92 Å². The fourth-order valence-corrected chi connectivity index (χ4v) is 3.21. The van der Waals surface area contributed by atoms with Gasteiger partial charge in [0.15, 0.2) is 0 Å². The summed E-state index contributed by atoms with van der Waals surface area (Å²) in [5.74, 6) is -0.599. The van der Waals surface area contributed by atoms with E-state index < -0.39 is 12.0 Å². The lowest BCUT2D eigenvalue weighted by Crippen LogP contribution is -2.58. The van der Waals surface area contributed by atoms with Gasteiger partial charge < -0.3 is 20.0 Å². The van der Waals surface area contributed by atoms with Crippen molar-refractivity contribution in [1.82, 2.24) is 9.80 Å². The minimum atomic E-state index is -0.928. The second kappa shape index (κ2) is 6.43. The molecule has 6 nitrogen and oxygen atoms in total. The number of aliphatic hydroxyl groups is 1. The third kappa shape index (κ3) is 3.06. The van der Waals surface area contributed by atoms with Gasteiger partial charge in [0, 0.05) is 13.1 Å². The van der Waals surface area contributed by atoms with E-state index in [0.717, 1.165) is 25.7 Å². The average Bonchev–Trinajstić information content (AvgIpc) is 2.46. The zero-order valence-electron chi connectivity index (χ0n) is 12.0. The number of carboxylic acid groups (broad SMARTS) is 1. The summed E-state index contributed by atoms with van der Waals surface area (Å²) < 4.78 is 0. The SMILES string of the molecule is CC1CCN(C(=O)N2CCCCC2CO)C(C(=O)O)C1. The predicted molar refractivity (Wildman–Crippen MR) is 73.4 cm³/mol. The molecule has 2 aliphatic heterocycles. The summed E-state index contributed by atoms with van der Waals surface area (Å²) in [6.07, 6.45) is 4.08. The van der Waals surface area contributed by atoms with Crippen LogP contribution in [0.5, 0.6) is 0 Å². The number of carbonyl (C=O) groups is 2. The molecule has 3 unspecified atom stereocenters. The number of urea groups is 1. The standard InChI is InChI=1S/C14H24N2O4/c1-10-5-7-16(12(8-10)13(18)19)14(20)15-6-3-2-4-11(15)9-17/h10-12,17H,2-9H2,1H3,(H,18,19). The van der Waals surface area contributed by atoms with E-state index in [4.69, 9.17) is 0 Å². The van der Waals surface area contributed by atoms with Gasteiger partial charge >= 0.3 is 12.0 Å². The van der Waals surface area contributed by atoms with E-state index in [2.05, 4.69) is 0 Å². The lowest BCUT2D eigenvalue weighted by molar-refractivity contribution is -0.144. The molecule has 0 saturated carbocycles. The Labute approximate surface area is 119 Å². The molecule has 0 radical (unpaired) electrons. The van der Waals surface area contributed by atoms with Gasteiger partial charge in [-0.15, -0.1) is 0 Å². The molecule has 2 saturated heterocycles. The van der Waals surface area contributed by atoms with Gasteiger partial charge in [-0.3, -0.25) is 0 Å². The van der Waals surface area contributed by atoms with Gasteiger partial charge in [0.05, 0.1) is 12.6 Å². The molecule has 2 N–H and O–H groups in total. The van der Waals surface area contributed by atoms with Crippen LogP contribution in [0.15, 0.2) is 0 Å². The van der Waals surface area contributed by atoms with Crippen LogP contribution < -0.4 is 0 Å². The molecule has 3 atom stereocenters. The highest BCUT2D eigenvalue weighted by Gasteiger charge is 2.38. The van der Waals surface area contributed by atoms with E-state index in [-0.39, 0.29) is 18.7 Å². The first-order chi connectivity index (χ1) is 9.54. The van der Waals surface area contributed by atoms with Gasteiger partial charge in [0.2, 0.25) is 0 Å². The van der Waals surface area contributed by atoms with Crippen molar-refractivity contribution in [2.75, 3.05) is 19.7 Å². The number of hydrogen-bond donors (Lipinski definition) is 2. The molecule has 2 heterocycles. The van der Waals surface area contributed by atoms with E-state index >= 15 is 0 Å². The summed E-state index contributed by atoms with van der Waals surface area (Å²) in [6, 6.07) is -1.11. The van der Waals surface area contributed by atoms with Crippen LogP contribution in [-0.4, -0.2) is 63.8 Å². The Morgan fingerprint density at radius 1 is 1.15 bits per heavy atom. The number of amides is 2. The molecule has 20 heavy (non-hydrogen) atoms. The van der Waals surface area contributed by atoms with Crippen molar-refractivity contribution < 1.29 is 19.8 Å². The lowest BCUT2D eigenvalue weighted by atomic mass is 9.92. The van der Waals surface area contributed by atoms with Crippen molar-refractivity contribution in [2.24, 2.45) is 5.92 Å². The van der Waals surface area contributed by atoms with E-state index in [1.165, 1.54) is 4.90 Å². The fraction of sp³-hybridized carbons (Fsp3) is 0.857. The molecule has 0 aliphatic carbocycles. The Bertz CT molecular complexity index is 374. The molecule has 114 valence electrons. The molecule has 2 aliphatic rings. The number of hydrogen-bond acceptors (Lipinski definition) is 3. The number of aliphatic carboxylic acids is 1. The molecule has 0 bridgehead atoms. The third-order valence-electron chi connectivity index (χ3n) is 4.48. The van der Waals surface area contributed by atoms with Crippen LogP contribution in [0.25, 0.3) is 0 Å². The normalized spacial score (nSPS) is 31.2. The number of carboxylic acids is 1. The Hall–Kier alpha value is -1.30. The highest BCUT2D eigenvalue weighted by atomic mass is 16.4. The number of carbonyl (C=O) groups excluding carboxylic acids is 1. The van der Waals surface area contributed by atoms with Crippen LogP contribution in [0, 0.1) is 5.92 Å². The van der Waals surface area contributed by atoms with Crippen molar-refractivity contribution in [3.05, 3.63) is 0 Å². The summed E-state index contributed by atoms with van der Waals surface area (Å²) in [5, 5.41) is 18.7. The van der Waals surface area contributed by atoms with Crippen LogP contribution in [0.2, 0.25) is 0 Å². The second-order valence-corrected chi connectivity index (χ2v) is 5.99. The molecule has 2 amide bonds. The number of nitrogens with zero attached hydrogens (tertiary/aromatic N) is 2. The van der Waals surface area contributed by atoms with E-state index in [1.54, 1.807) is 4.90 Å². The van der Waals surface area contributed by atoms with Crippen LogP contribution in [0.3, 0.4) is 0 Å². The molecule has 0 spiro atoms. The Balaban J connectivity index is 2.11. The van der Waals surface area contributed by atoms with Crippen LogP contribution in [0.4, 0.5) is 4.79 Å². The first-order valence-electron chi connectivity index (χ1n) is 7.45. The predicted octanol–water partition coefficient (Wildman–Crippen LogP) is 1.14. The molecule has 0 aromatic heterocycles. The molecule has 2 rings (SSSR count). The van der Waals surface area contributed by atoms with Crippen molar-refractivity contribution in [3.63, 3.8) is 0 Å². The third-order valence-corrected chi connectivity index (χ3v) is 4.48. The minimum Gasteiger partial charge on any atom is -0.480 e. The van der Waals surface area contributed by atoms with Gasteiger partial charge in [-0.2, -0.15) is 0 Å². The highest BCUT2D eigenvalue weighted by Crippen LogP contribution is 2.26. The van der Waals surface area contributed by atoms with Gasteiger partial charge in [0.1, 0.15) is 6.04 Å². The maximum absolute atomic E-state index is 12.6. The molecule has 0 aromatic carbocycles. The maximum atomic E-state index is 12.6. The molecule has 0 aromatic rings. The number of piperidine rings is 2. The van der Waals surface area contributed by atoms with Crippen molar-refractivity contribution in [1.29, 1.82) is 0 Å². The molecular weight excluding hydrogens is 260 g/mol. The van der Waals surface area contributed by atoms with Gasteiger partial charge in [-0.25, -0.2) is 9.59 Å². The monoisotopic (exact) mass is 284 g/mol. The zero-order valence-corrected chi connectivity index (χ0v) is 12.0. The zero-order chi connectivity index (χ0) is 14.7. The Morgan fingerprint density at radius 2 is 1.90 bits per heavy atom. The Morgan fingerprint density at radius 3 is 2.55 bits per heavy atom. The smallest absolute Gasteiger partial charge is 0.326 e. The molecular formula is C14H24N2O4. The molecule has 6 heteroatoms. The first-order valence-corrected chi connectivity index (χ1v) is 7.45.